The van der Waals surface area contributed by atoms with Crippen LogP contribution in [0.2, 0.25) is 5.02 Å². The maximum atomic E-state index is 14.1. The second-order valence-corrected chi connectivity index (χ2v) is 5.00. The lowest BCUT2D eigenvalue weighted by atomic mass is 10.0. The normalized spacial score (nSPS) is 11.9. The van der Waals surface area contributed by atoms with E-state index in [1.165, 1.54) is 12.1 Å². The topological polar surface area (TPSA) is 9.23 Å². The van der Waals surface area contributed by atoms with Crippen molar-refractivity contribution in [2.75, 3.05) is 6.61 Å². The van der Waals surface area contributed by atoms with Crippen molar-refractivity contribution in [2.24, 2.45) is 0 Å². The van der Waals surface area contributed by atoms with E-state index in [2.05, 4.69) is 6.58 Å². The first-order chi connectivity index (χ1) is 9.65. The lowest BCUT2D eigenvalue weighted by Crippen LogP contribution is -2.03. The Hall–Kier alpha value is -1.51. The second kappa shape index (κ2) is 6.78. The fourth-order valence-corrected chi connectivity index (χ4v) is 2.30. The molecule has 0 radical (unpaired) electrons. The molecule has 20 heavy (non-hydrogen) atoms. The van der Waals surface area contributed by atoms with Gasteiger partial charge in [0.25, 0.3) is 0 Å². The van der Waals surface area contributed by atoms with Crippen LogP contribution in [0.4, 0.5) is 4.39 Å². The summed E-state index contributed by atoms with van der Waals surface area (Å²) >= 11 is 12.2. The van der Waals surface area contributed by atoms with Gasteiger partial charge >= 0.3 is 0 Å². The minimum atomic E-state index is -0.604. The molecule has 1 atom stereocenters. The van der Waals surface area contributed by atoms with Crippen molar-refractivity contribution >= 4 is 23.2 Å². The Bertz CT molecular complexity index is 599. The highest BCUT2D eigenvalue weighted by molar-refractivity contribution is 6.31. The number of ether oxygens (including phenoxy) is 1. The number of halogens is 3. The quantitative estimate of drug-likeness (QED) is 0.532. The Morgan fingerprint density at radius 1 is 1.20 bits per heavy atom. The van der Waals surface area contributed by atoms with Crippen LogP contribution >= 0.6 is 23.2 Å². The first-order valence-corrected chi connectivity index (χ1v) is 6.87. The van der Waals surface area contributed by atoms with Crippen molar-refractivity contribution in [3.8, 4) is 5.75 Å². The molecule has 0 aliphatic rings. The minimum Gasteiger partial charge on any atom is -0.486 e. The fraction of sp³-hybridized carbons (Fsp3) is 0.125. The van der Waals surface area contributed by atoms with Gasteiger partial charge in [0, 0.05) is 5.56 Å². The Kier molecular flexibility index (Phi) is 5.05. The Morgan fingerprint density at radius 2 is 1.90 bits per heavy atom. The molecule has 0 fully saturated rings. The fourth-order valence-electron chi connectivity index (χ4n) is 1.84. The third-order valence-corrected chi connectivity index (χ3v) is 3.57. The molecule has 0 bridgehead atoms. The molecule has 0 spiro atoms. The average Bonchev–Trinajstić information content (AvgIpc) is 2.49. The molecule has 0 aliphatic heterocycles. The summed E-state index contributed by atoms with van der Waals surface area (Å²) < 4.78 is 19.5. The molecule has 1 unspecified atom stereocenters. The van der Waals surface area contributed by atoms with Crippen LogP contribution in [0.15, 0.2) is 55.1 Å². The van der Waals surface area contributed by atoms with Crippen molar-refractivity contribution in [1.29, 1.82) is 0 Å². The molecule has 0 aliphatic carbocycles. The van der Waals surface area contributed by atoms with E-state index in [0.717, 1.165) is 5.56 Å². The van der Waals surface area contributed by atoms with Crippen LogP contribution < -0.4 is 4.74 Å². The zero-order valence-electron chi connectivity index (χ0n) is 10.7. The number of hydrogen-bond donors (Lipinski definition) is 0. The van der Waals surface area contributed by atoms with Crippen LogP contribution in [0.3, 0.4) is 0 Å². The maximum absolute atomic E-state index is 14.1. The Labute approximate surface area is 127 Å². The number of hydrogen-bond acceptors (Lipinski definition) is 1. The van der Waals surface area contributed by atoms with Gasteiger partial charge in [-0.05, 0) is 11.6 Å². The van der Waals surface area contributed by atoms with E-state index in [1.54, 1.807) is 6.07 Å². The molecular formula is C16H13Cl2FO. The summed E-state index contributed by atoms with van der Waals surface area (Å²) in [6.07, 6.45) is 1.54. The van der Waals surface area contributed by atoms with Crippen molar-refractivity contribution in [3.63, 3.8) is 0 Å². The van der Waals surface area contributed by atoms with Gasteiger partial charge in [0.1, 0.15) is 6.61 Å². The summed E-state index contributed by atoms with van der Waals surface area (Å²) in [6.45, 7) is 3.73. The highest BCUT2D eigenvalue weighted by Gasteiger charge is 2.20. The van der Waals surface area contributed by atoms with Crippen LogP contribution in [0, 0.1) is 5.82 Å². The minimum absolute atomic E-state index is 0.00439. The highest BCUT2D eigenvalue weighted by atomic mass is 35.5. The second-order valence-electron chi connectivity index (χ2n) is 4.15. The largest absolute Gasteiger partial charge is 0.486 e. The lowest BCUT2D eigenvalue weighted by Gasteiger charge is -2.16. The van der Waals surface area contributed by atoms with Crippen molar-refractivity contribution in [2.45, 2.75) is 5.38 Å². The molecule has 104 valence electrons. The summed E-state index contributed by atoms with van der Waals surface area (Å²) in [4.78, 5) is 0. The molecule has 0 N–H and O–H groups in total. The van der Waals surface area contributed by atoms with Crippen molar-refractivity contribution in [1.82, 2.24) is 0 Å². The lowest BCUT2D eigenvalue weighted by molar-refractivity contribution is 0.338. The predicted molar refractivity (Wildman–Crippen MR) is 81.2 cm³/mol. The van der Waals surface area contributed by atoms with E-state index in [1.807, 2.05) is 30.3 Å². The molecule has 0 amide bonds. The molecule has 0 saturated heterocycles. The van der Waals surface area contributed by atoms with Gasteiger partial charge in [-0.3, -0.25) is 0 Å². The highest BCUT2D eigenvalue weighted by Crippen LogP contribution is 2.38. The molecule has 2 rings (SSSR count). The molecule has 2 aromatic carbocycles. The summed E-state index contributed by atoms with van der Waals surface area (Å²) in [5, 5.41) is -0.507. The van der Waals surface area contributed by atoms with Gasteiger partial charge in [-0.15, -0.1) is 11.6 Å². The maximum Gasteiger partial charge on any atom is 0.183 e. The smallest absolute Gasteiger partial charge is 0.183 e. The SMILES string of the molecule is C=CCOc1c(C(Cl)c2ccccc2)ccc(Cl)c1F. The third-order valence-electron chi connectivity index (χ3n) is 2.79. The number of benzene rings is 2. The van der Waals surface area contributed by atoms with Gasteiger partial charge in [0.05, 0.1) is 10.4 Å². The molecule has 4 heteroatoms. The Balaban J connectivity index is 2.45. The number of rotatable bonds is 5. The summed E-state index contributed by atoms with van der Waals surface area (Å²) in [7, 11) is 0. The molecule has 1 nitrogen and oxygen atoms in total. The number of alkyl halides is 1. The van der Waals surface area contributed by atoms with Crippen LogP contribution in [0.1, 0.15) is 16.5 Å². The molecule has 2 aromatic rings. The van der Waals surface area contributed by atoms with E-state index >= 15 is 0 Å². The van der Waals surface area contributed by atoms with Gasteiger partial charge in [-0.25, -0.2) is 4.39 Å². The zero-order chi connectivity index (χ0) is 14.5. The van der Waals surface area contributed by atoms with Gasteiger partial charge in [0.2, 0.25) is 0 Å². The average molecular weight is 311 g/mol. The van der Waals surface area contributed by atoms with Crippen LogP contribution in [-0.4, -0.2) is 6.61 Å². The van der Waals surface area contributed by atoms with Gasteiger partial charge < -0.3 is 4.74 Å². The van der Waals surface area contributed by atoms with Crippen LogP contribution in [0.25, 0.3) is 0 Å². The monoisotopic (exact) mass is 310 g/mol. The first kappa shape index (κ1) is 14.9. The predicted octanol–water partition coefficient (Wildman–Crippen LogP) is 5.37. The first-order valence-electron chi connectivity index (χ1n) is 6.05. The van der Waals surface area contributed by atoms with Crippen LogP contribution in [0.5, 0.6) is 5.75 Å². The summed E-state index contributed by atoms with van der Waals surface area (Å²) in [5.41, 5.74) is 1.40. The Morgan fingerprint density at radius 3 is 2.55 bits per heavy atom. The van der Waals surface area contributed by atoms with E-state index < -0.39 is 11.2 Å². The van der Waals surface area contributed by atoms with E-state index in [0.29, 0.717) is 5.56 Å². The van der Waals surface area contributed by atoms with Gasteiger partial charge in [-0.2, -0.15) is 0 Å². The summed E-state index contributed by atoms with van der Waals surface area (Å²) in [6, 6.07) is 12.6. The van der Waals surface area contributed by atoms with Gasteiger partial charge in [-0.1, -0.05) is 60.7 Å². The molecular weight excluding hydrogens is 298 g/mol. The standard InChI is InChI=1S/C16H13Cl2FO/c1-2-10-20-16-12(8-9-13(17)15(16)19)14(18)11-6-4-3-5-7-11/h2-9,14H,1,10H2. The molecule has 0 aromatic heterocycles. The molecule has 0 heterocycles. The zero-order valence-corrected chi connectivity index (χ0v) is 12.2. The molecule has 0 saturated carbocycles. The van der Waals surface area contributed by atoms with E-state index in [-0.39, 0.29) is 17.4 Å². The van der Waals surface area contributed by atoms with E-state index in [4.69, 9.17) is 27.9 Å². The third kappa shape index (κ3) is 3.14. The van der Waals surface area contributed by atoms with Gasteiger partial charge in [0.15, 0.2) is 11.6 Å². The van der Waals surface area contributed by atoms with Crippen molar-refractivity contribution < 1.29 is 9.13 Å². The van der Waals surface area contributed by atoms with Crippen LogP contribution in [-0.2, 0) is 0 Å². The van der Waals surface area contributed by atoms with Crippen molar-refractivity contribution in [3.05, 3.63) is 77.1 Å². The summed E-state index contributed by atoms with van der Waals surface area (Å²) in [5.74, 6) is -0.533. The van der Waals surface area contributed by atoms with E-state index in [9.17, 15) is 4.39 Å².